The van der Waals surface area contributed by atoms with Gasteiger partial charge in [0.05, 0.1) is 0 Å². The summed E-state index contributed by atoms with van der Waals surface area (Å²) in [5.74, 6) is 0.872. The van der Waals surface area contributed by atoms with Crippen LogP contribution in [-0.2, 0) is 4.79 Å². The number of Topliss-reactive ketones (excluding diaryl/α,β-unsaturated/α-hetero) is 1. The van der Waals surface area contributed by atoms with E-state index in [1.54, 1.807) is 31.5 Å². The summed E-state index contributed by atoms with van der Waals surface area (Å²) in [5, 5.41) is 0. The first-order chi connectivity index (χ1) is 18.7. The SMILES string of the molecule is C=C(C)/C=C\C(=C/C)CC.CC(=O)C1=CC=CC1.CCCN(CCC)c1ncccn1.Cc1ccc(F)cc1. The number of hydrogen-bond acceptors (Lipinski definition) is 4. The van der Waals surface area contributed by atoms with Crippen molar-refractivity contribution in [3.05, 3.63) is 114 Å². The first-order valence-electron chi connectivity index (χ1n) is 13.8. The van der Waals surface area contributed by atoms with Crippen molar-refractivity contribution < 1.29 is 9.18 Å². The van der Waals surface area contributed by atoms with Gasteiger partial charge in [-0.05, 0) is 77.2 Å². The van der Waals surface area contributed by atoms with Crippen molar-refractivity contribution in [3.63, 3.8) is 0 Å². The number of carbonyl (C=O) groups is 1. The molecule has 0 aliphatic heterocycles. The van der Waals surface area contributed by atoms with E-state index >= 15 is 0 Å². The monoisotopic (exact) mass is 533 g/mol. The molecule has 1 heterocycles. The third-order valence-corrected chi connectivity index (χ3v) is 5.42. The van der Waals surface area contributed by atoms with Gasteiger partial charge in [-0.15, -0.1) is 0 Å². The van der Waals surface area contributed by atoms with Gasteiger partial charge < -0.3 is 4.90 Å². The van der Waals surface area contributed by atoms with Gasteiger partial charge in [0.2, 0.25) is 5.95 Å². The second-order valence-electron chi connectivity index (χ2n) is 9.11. The van der Waals surface area contributed by atoms with Crippen LogP contribution in [0.25, 0.3) is 0 Å². The Morgan fingerprint density at radius 2 is 1.62 bits per heavy atom. The predicted octanol–water partition coefficient (Wildman–Crippen LogP) is 9.17. The topological polar surface area (TPSA) is 46.1 Å². The molecule has 4 nitrogen and oxygen atoms in total. The van der Waals surface area contributed by atoms with Crippen LogP contribution in [0, 0.1) is 12.7 Å². The molecule has 0 radical (unpaired) electrons. The molecule has 212 valence electrons. The largest absolute Gasteiger partial charge is 0.341 e. The number of carbonyl (C=O) groups excluding carboxylic acids is 1. The number of allylic oxidation sites excluding steroid dienone is 9. The molecule has 0 bridgehead atoms. The van der Waals surface area contributed by atoms with Crippen LogP contribution in [0.3, 0.4) is 0 Å². The zero-order chi connectivity index (χ0) is 29.5. The molecule has 0 spiro atoms. The van der Waals surface area contributed by atoms with Gasteiger partial charge >= 0.3 is 0 Å². The molecule has 5 heteroatoms. The molecule has 0 unspecified atom stereocenters. The summed E-state index contributed by atoms with van der Waals surface area (Å²) < 4.78 is 12.1. The molecule has 0 amide bonds. The van der Waals surface area contributed by atoms with Gasteiger partial charge in [-0.25, -0.2) is 14.4 Å². The number of rotatable bonds is 9. The Kier molecular flexibility index (Phi) is 20.3. The van der Waals surface area contributed by atoms with Gasteiger partial charge in [-0.3, -0.25) is 4.79 Å². The molecule has 3 rings (SSSR count). The number of aryl methyl sites for hydroxylation is 1. The third kappa shape index (κ3) is 18.3. The van der Waals surface area contributed by atoms with E-state index in [1.807, 2.05) is 44.2 Å². The van der Waals surface area contributed by atoms with E-state index in [4.69, 9.17) is 0 Å². The van der Waals surface area contributed by atoms with Crippen molar-refractivity contribution in [2.45, 2.75) is 74.1 Å². The van der Waals surface area contributed by atoms with Gasteiger partial charge in [0.25, 0.3) is 0 Å². The highest BCUT2D eigenvalue weighted by Gasteiger charge is 2.05. The molecule has 0 N–H and O–H groups in total. The van der Waals surface area contributed by atoms with Crippen LogP contribution < -0.4 is 4.90 Å². The van der Waals surface area contributed by atoms with Crippen molar-refractivity contribution in [2.75, 3.05) is 18.0 Å². The van der Waals surface area contributed by atoms with Crippen LogP contribution in [0.1, 0.15) is 72.8 Å². The van der Waals surface area contributed by atoms with E-state index in [2.05, 4.69) is 61.3 Å². The Labute approximate surface area is 236 Å². The minimum absolute atomic E-state index is 0.171. The molecule has 1 aliphatic rings. The Balaban J connectivity index is 0.000000504. The predicted molar refractivity (Wildman–Crippen MR) is 166 cm³/mol. The fraction of sp³-hybridized carbons (Fsp3) is 0.382. The highest BCUT2D eigenvalue weighted by Crippen LogP contribution is 2.10. The Hall–Kier alpha value is -3.60. The summed E-state index contributed by atoms with van der Waals surface area (Å²) in [6, 6.07) is 8.24. The molecule has 0 saturated heterocycles. The van der Waals surface area contributed by atoms with Gasteiger partial charge in [0, 0.05) is 25.5 Å². The van der Waals surface area contributed by atoms with Gasteiger partial charge in [-0.1, -0.05) is 92.6 Å². The average Bonchev–Trinajstić information content (AvgIpc) is 3.48. The Morgan fingerprint density at radius 3 is 1.97 bits per heavy atom. The highest BCUT2D eigenvalue weighted by molar-refractivity contribution is 5.94. The number of aromatic nitrogens is 2. The van der Waals surface area contributed by atoms with E-state index < -0.39 is 0 Å². The zero-order valence-corrected chi connectivity index (χ0v) is 25.1. The lowest BCUT2D eigenvalue weighted by Gasteiger charge is -2.20. The molecule has 1 aromatic heterocycles. The fourth-order valence-corrected chi connectivity index (χ4v) is 3.22. The van der Waals surface area contributed by atoms with Crippen molar-refractivity contribution in [1.82, 2.24) is 9.97 Å². The molecule has 0 fully saturated rings. The quantitative estimate of drug-likeness (QED) is 0.301. The van der Waals surface area contributed by atoms with Gasteiger partial charge in [0.15, 0.2) is 5.78 Å². The van der Waals surface area contributed by atoms with E-state index in [1.165, 1.54) is 17.7 Å². The summed E-state index contributed by atoms with van der Waals surface area (Å²) in [7, 11) is 0. The number of hydrogen-bond donors (Lipinski definition) is 0. The summed E-state index contributed by atoms with van der Waals surface area (Å²) >= 11 is 0. The summed E-state index contributed by atoms with van der Waals surface area (Å²) in [4.78, 5) is 21.2. The lowest BCUT2D eigenvalue weighted by Crippen LogP contribution is -2.26. The van der Waals surface area contributed by atoms with Crippen LogP contribution in [0.15, 0.2) is 102 Å². The molecular formula is C34H48FN3O. The van der Waals surface area contributed by atoms with E-state index in [9.17, 15) is 9.18 Å². The Morgan fingerprint density at radius 1 is 1.03 bits per heavy atom. The van der Waals surface area contributed by atoms with Crippen molar-refractivity contribution >= 4 is 11.7 Å². The normalized spacial score (nSPS) is 11.8. The van der Waals surface area contributed by atoms with Gasteiger partial charge in [0.1, 0.15) is 5.82 Å². The number of benzene rings is 1. The average molecular weight is 534 g/mol. The van der Waals surface area contributed by atoms with Crippen molar-refractivity contribution in [2.24, 2.45) is 0 Å². The molecule has 39 heavy (non-hydrogen) atoms. The van der Waals surface area contributed by atoms with Gasteiger partial charge in [-0.2, -0.15) is 0 Å². The summed E-state index contributed by atoms with van der Waals surface area (Å²) in [6.07, 6.45) is 19.8. The smallest absolute Gasteiger partial charge is 0.225 e. The molecule has 0 saturated carbocycles. The number of ketones is 1. The second kappa shape index (κ2) is 22.4. The molecular weight excluding hydrogens is 485 g/mol. The number of halogens is 1. The molecule has 1 aliphatic carbocycles. The van der Waals surface area contributed by atoms with E-state index in [-0.39, 0.29) is 11.6 Å². The lowest BCUT2D eigenvalue weighted by atomic mass is 10.1. The first kappa shape index (κ1) is 35.4. The molecule has 0 atom stereocenters. The van der Waals surface area contributed by atoms with Crippen molar-refractivity contribution in [1.29, 1.82) is 0 Å². The Bertz CT molecular complexity index is 1040. The summed E-state index contributed by atoms with van der Waals surface area (Å²) in [5.41, 5.74) is 4.48. The van der Waals surface area contributed by atoms with Crippen LogP contribution in [0.4, 0.5) is 10.3 Å². The lowest BCUT2D eigenvalue weighted by molar-refractivity contribution is -0.113. The van der Waals surface area contributed by atoms with Crippen LogP contribution >= 0.6 is 0 Å². The fourth-order valence-electron chi connectivity index (χ4n) is 3.22. The third-order valence-electron chi connectivity index (χ3n) is 5.42. The standard InChI is InChI=1S/C10H17N3.C10H16.C7H7F.C7H8O/c1-3-8-13(9-4-2)10-11-6-5-7-12-10;1-5-10(6-2)8-7-9(3)4;1-6-2-4-7(8)5-3-6;1-6(8)7-4-2-3-5-7/h5-7H,3-4,8-9H2,1-2H3;5,7-8H,3,6H2,1-2,4H3;2-5H,1H3;2-4H,5H2,1H3/b;8-7-,10-5-;;. The molecule has 2 aromatic rings. The van der Waals surface area contributed by atoms with E-state index in [0.717, 1.165) is 61.4 Å². The van der Waals surface area contributed by atoms with Crippen LogP contribution in [-0.4, -0.2) is 28.8 Å². The number of anilines is 1. The summed E-state index contributed by atoms with van der Waals surface area (Å²) in [6.45, 7) is 19.9. The van der Waals surface area contributed by atoms with Crippen molar-refractivity contribution in [3.8, 4) is 0 Å². The maximum Gasteiger partial charge on any atom is 0.225 e. The van der Waals surface area contributed by atoms with Crippen LogP contribution in [0.2, 0.25) is 0 Å². The van der Waals surface area contributed by atoms with E-state index in [0.29, 0.717) is 0 Å². The zero-order valence-electron chi connectivity index (χ0n) is 25.1. The minimum atomic E-state index is -0.171. The first-order valence-corrected chi connectivity index (χ1v) is 13.8. The second-order valence-corrected chi connectivity index (χ2v) is 9.11. The number of nitrogens with zero attached hydrogens (tertiary/aromatic N) is 3. The highest BCUT2D eigenvalue weighted by atomic mass is 19.1. The maximum atomic E-state index is 12.1. The molecule has 1 aromatic carbocycles. The minimum Gasteiger partial charge on any atom is -0.341 e. The maximum absolute atomic E-state index is 12.1. The van der Waals surface area contributed by atoms with Crippen LogP contribution in [0.5, 0.6) is 0 Å².